The molecule has 0 aliphatic rings. The van der Waals surface area contributed by atoms with Crippen LogP contribution < -0.4 is 4.31 Å². The lowest BCUT2D eigenvalue weighted by molar-refractivity contribution is -0.137. The van der Waals surface area contributed by atoms with Crippen molar-refractivity contribution in [2.45, 2.75) is 11.1 Å². The van der Waals surface area contributed by atoms with Crippen LogP contribution in [0.5, 0.6) is 0 Å². The van der Waals surface area contributed by atoms with E-state index in [0.29, 0.717) is 18.3 Å². The first-order valence-corrected chi connectivity index (χ1v) is 8.96. The molecule has 25 heavy (non-hydrogen) atoms. The fourth-order valence-corrected chi connectivity index (χ4v) is 3.74. The van der Waals surface area contributed by atoms with Gasteiger partial charge in [-0.25, -0.2) is 8.42 Å². The molecule has 0 fully saturated rings. The molecule has 0 unspecified atom stereocenters. The van der Waals surface area contributed by atoms with Crippen molar-refractivity contribution < 1.29 is 21.6 Å². The van der Waals surface area contributed by atoms with Gasteiger partial charge in [-0.2, -0.15) is 13.2 Å². The first-order valence-electron chi connectivity index (χ1n) is 7.52. The van der Waals surface area contributed by atoms with Crippen molar-refractivity contribution in [2.24, 2.45) is 0 Å². The van der Waals surface area contributed by atoms with Gasteiger partial charge in [0.15, 0.2) is 0 Å². The SMILES string of the molecule is CN(C)CCN(c1ccccc1)S(=O)(=O)c1cccc(C(F)(F)F)c1. The van der Waals surface area contributed by atoms with Gasteiger partial charge in [0.2, 0.25) is 0 Å². The zero-order valence-electron chi connectivity index (χ0n) is 13.9. The molecule has 0 spiro atoms. The summed E-state index contributed by atoms with van der Waals surface area (Å²) >= 11 is 0. The molecule has 2 rings (SSSR count). The molecule has 0 N–H and O–H groups in total. The van der Waals surface area contributed by atoms with Crippen LogP contribution in [0, 0.1) is 0 Å². The second kappa shape index (κ2) is 7.45. The maximum Gasteiger partial charge on any atom is 0.416 e. The fraction of sp³-hybridized carbons (Fsp3) is 0.294. The molecule has 0 radical (unpaired) electrons. The Labute approximate surface area is 145 Å². The molecular weight excluding hydrogens is 353 g/mol. The van der Waals surface area contributed by atoms with Crippen LogP contribution >= 0.6 is 0 Å². The highest BCUT2D eigenvalue weighted by atomic mass is 32.2. The summed E-state index contributed by atoms with van der Waals surface area (Å²) in [7, 11) is -0.542. The zero-order valence-corrected chi connectivity index (χ0v) is 14.7. The zero-order chi connectivity index (χ0) is 18.7. The summed E-state index contributed by atoms with van der Waals surface area (Å²) in [6.07, 6.45) is -4.60. The Morgan fingerprint density at radius 1 is 0.920 bits per heavy atom. The number of anilines is 1. The number of para-hydroxylation sites is 1. The van der Waals surface area contributed by atoms with E-state index < -0.39 is 21.8 Å². The predicted octanol–water partition coefficient (Wildman–Crippen LogP) is 3.46. The summed E-state index contributed by atoms with van der Waals surface area (Å²) in [5, 5.41) is 0. The summed E-state index contributed by atoms with van der Waals surface area (Å²) in [5.41, 5.74) is -0.587. The van der Waals surface area contributed by atoms with Gasteiger partial charge < -0.3 is 4.90 Å². The Kier molecular flexibility index (Phi) is 5.74. The molecule has 0 amide bonds. The molecule has 2 aromatic rings. The minimum absolute atomic E-state index is 0.121. The third-order valence-corrected chi connectivity index (χ3v) is 5.37. The average Bonchev–Trinajstić information content (AvgIpc) is 2.55. The van der Waals surface area contributed by atoms with Crippen molar-refractivity contribution in [3.8, 4) is 0 Å². The van der Waals surface area contributed by atoms with E-state index in [1.807, 2.05) is 0 Å². The van der Waals surface area contributed by atoms with Crippen LogP contribution in [0.1, 0.15) is 5.56 Å². The van der Waals surface area contributed by atoms with Gasteiger partial charge in [-0.1, -0.05) is 24.3 Å². The van der Waals surface area contributed by atoms with Crippen LogP contribution in [-0.2, 0) is 16.2 Å². The largest absolute Gasteiger partial charge is 0.416 e. The quantitative estimate of drug-likeness (QED) is 0.780. The lowest BCUT2D eigenvalue weighted by Gasteiger charge is -2.26. The predicted molar refractivity (Wildman–Crippen MR) is 91.0 cm³/mol. The van der Waals surface area contributed by atoms with E-state index in [4.69, 9.17) is 0 Å². The first-order chi connectivity index (χ1) is 11.6. The summed E-state index contributed by atoms with van der Waals surface area (Å²) < 4.78 is 65.8. The molecule has 8 heteroatoms. The maximum atomic E-state index is 13.0. The molecule has 0 heterocycles. The molecule has 136 valence electrons. The van der Waals surface area contributed by atoms with E-state index in [2.05, 4.69) is 0 Å². The minimum Gasteiger partial charge on any atom is -0.308 e. The number of halogens is 3. The Balaban J connectivity index is 2.48. The smallest absolute Gasteiger partial charge is 0.308 e. The first kappa shape index (κ1) is 19.3. The third kappa shape index (κ3) is 4.73. The lowest BCUT2D eigenvalue weighted by Crippen LogP contribution is -2.36. The van der Waals surface area contributed by atoms with Crippen LogP contribution in [0.4, 0.5) is 18.9 Å². The molecular formula is C17H19F3N2O2S. The fourth-order valence-electron chi connectivity index (χ4n) is 2.23. The van der Waals surface area contributed by atoms with Gasteiger partial charge in [0, 0.05) is 13.1 Å². The lowest BCUT2D eigenvalue weighted by atomic mass is 10.2. The molecule has 0 saturated heterocycles. The topological polar surface area (TPSA) is 40.6 Å². The van der Waals surface area contributed by atoms with Gasteiger partial charge in [0.1, 0.15) is 0 Å². The third-order valence-electron chi connectivity index (χ3n) is 3.54. The van der Waals surface area contributed by atoms with Crippen molar-refractivity contribution in [1.29, 1.82) is 0 Å². The molecule has 0 aliphatic heterocycles. The molecule has 0 bridgehead atoms. The molecule has 0 atom stereocenters. The second-order valence-electron chi connectivity index (χ2n) is 5.74. The maximum absolute atomic E-state index is 13.0. The minimum atomic E-state index is -4.60. The number of rotatable bonds is 6. The summed E-state index contributed by atoms with van der Waals surface area (Å²) in [4.78, 5) is 1.42. The number of hydrogen-bond donors (Lipinski definition) is 0. The van der Waals surface area contributed by atoms with Crippen LogP contribution in [-0.4, -0.2) is 40.5 Å². The van der Waals surface area contributed by atoms with E-state index >= 15 is 0 Å². The Bertz CT molecular complexity index is 806. The highest BCUT2D eigenvalue weighted by Gasteiger charge is 2.33. The van der Waals surface area contributed by atoms with Gasteiger partial charge in [0.25, 0.3) is 10.0 Å². The van der Waals surface area contributed by atoms with E-state index in [1.54, 1.807) is 49.3 Å². The van der Waals surface area contributed by atoms with Gasteiger partial charge in [0.05, 0.1) is 16.1 Å². The molecule has 0 saturated carbocycles. The highest BCUT2D eigenvalue weighted by molar-refractivity contribution is 7.92. The molecule has 0 aliphatic carbocycles. The van der Waals surface area contributed by atoms with Crippen molar-refractivity contribution in [2.75, 3.05) is 31.5 Å². The number of likely N-dealkylation sites (N-methyl/N-ethyl adjacent to an activating group) is 1. The van der Waals surface area contributed by atoms with E-state index in [9.17, 15) is 21.6 Å². The number of hydrogen-bond acceptors (Lipinski definition) is 3. The Hall–Kier alpha value is -2.06. The number of alkyl halides is 3. The number of benzene rings is 2. The van der Waals surface area contributed by atoms with Gasteiger partial charge in [-0.3, -0.25) is 4.31 Å². The van der Waals surface area contributed by atoms with E-state index in [1.165, 1.54) is 6.07 Å². The number of sulfonamides is 1. The molecule has 4 nitrogen and oxygen atoms in total. The second-order valence-corrected chi connectivity index (χ2v) is 7.60. The van der Waals surface area contributed by atoms with Gasteiger partial charge in [-0.15, -0.1) is 0 Å². The van der Waals surface area contributed by atoms with Crippen LogP contribution in [0.15, 0.2) is 59.5 Å². The summed E-state index contributed by atoms with van der Waals surface area (Å²) in [5.74, 6) is 0. The van der Waals surface area contributed by atoms with Gasteiger partial charge >= 0.3 is 6.18 Å². The van der Waals surface area contributed by atoms with Crippen molar-refractivity contribution in [3.05, 3.63) is 60.2 Å². The van der Waals surface area contributed by atoms with Gasteiger partial charge in [-0.05, 0) is 44.4 Å². The van der Waals surface area contributed by atoms with Crippen LogP contribution in [0.3, 0.4) is 0 Å². The Morgan fingerprint density at radius 3 is 2.12 bits per heavy atom. The highest BCUT2D eigenvalue weighted by Crippen LogP contribution is 2.32. The van der Waals surface area contributed by atoms with Crippen LogP contribution in [0.2, 0.25) is 0 Å². The molecule has 0 aromatic heterocycles. The van der Waals surface area contributed by atoms with E-state index in [0.717, 1.165) is 16.4 Å². The Morgan fingerprint density at radius 2 is 1.56 bits per heavy atom. The van der Waals surface area contributed by atoms with Crippen molar-refractivity contribution in [1.82, 2.24) is 4.90 Å². The normalized spacial score (nSPS) is 12.4. The van der Waals surface area contributed by atoms with Crippen molar-refractivity contribution >= 4 is 15.7 Å². The summed E-state index contributed by atoms with van der Waals surface area (Å²) in [6.45, 7) is 0.544. The number of nitrogens with zero attached hydrogens (tertiary/aromatic N) is 2. The summed E-state index contributed by atoms with van der Waals surface area (Å²) in [6, 6.07) is 12.1. The monoisotopic (exact) mass is 372 g/mol. The standard InChI is InChI=1S/C17H19F3N2O2S/c1-21(2)11-12-22(15-8-4-3-5-9-15)25(23,24)16-10-6-7-14(13-16)17(18,19)20/h3-10,13H,11-12H2,1-2H3. The molecule has 2 aromatic carbocycles. The van der Waals surface area contributed by atoms with Crippen LogP contribution in [0.25, 0.3) is 0 Å². The average molecular weight is 372 g/mol. The van der Waals surface area contributed by atoms with Crippen molar-refractivity contribution in [3.63, 3.8) is 0 Å². The van der Waals surface area contributed by atoms with E-state index in [-0.39, 0.29) is 11.4 Å².